The monoisotopic (exact) mass is 187 g/mol. The van der Waals surface area contributed by atoms with E-state index in [1.165, 1.54) is 0 Å². The van der Waals surface area contributed by atoms with E-state index in [1.807, 2.05) is 12.1 Å². The van der Waals surface area contributed by atoms with Gasteiger partial charge in [-0.1, -0.05) is 59.7 Å². The molecule has 0 bridgehead atoms. The Labute approximate surface area is 92.2 Å². The number of rotatable bonds is 1. The smallest absolute Gasteiger partial charge is 0.0280 e. The van der Waals surface area contributed by atoms with Crippen LogP contribution in [0.4, 0.5) is 0 Å². The molecule has 14 heavy (non-hydrogen) atoms. The van der Waals surface area contributed by atoms with Crippen LogP contribution >= 0.6 is 0 Å². The van der Waals surface area contributed by atoms with Gasteiger partial charge in [-0.3, -0.25) is 0 Å². The van der Waals surface area contributed by atoms with Crippen molar-refractivity contribution in [3.05, 3.63) is 59.7 Å². The van der Waals surface area contributed by atoms with Crippen molar-refractivity contribution < 1.29 is 6.85 Å². The first kappa shape index (κ1) is 4.79. The summed E-state index contributed by atoms with van der Waals surface area (Å²) in [4.78, 5) is 0. The third-order valence-electron chi connectivity index (χ3n) is 2.13. The SMILES string of the molecule is [2H]C([2H])c1ccc(-c2ccc(C([2H])([2H])[2H])cc2)cc1. The van der Waals surface area contributed by atoms with Crippen LogP contribution in [0.2, 0.25) is 0 Å². The van der Waals surface area contributed by atoms with Crippen LogP contribution in [0.3, 0.4) is 0 Å². The van der Waals surface area contributed by atoms with Gasteiger partial charge in [0, 0.05) is 6.85 Å². The molecule has 0 unspecified atom stereocenters. The minimum atomic E-state index is -2.08. The number of hydrogen-bond donors (Lipinski definition) is 0. The summed E-state index contributed by atoms with van der Waals surface area (Å²) in [6, 6.07) is 13.9. The second kappa shape index (κ2) is 3.67. The number of benzene rings is 2. The van der Waals surface area contributed by atoms with Crippen LogP contribution < -0.4 is 0 Å². The molecule has 0 fully saturated rings. The largest absolute Gasteiger partial charge is 0.0587 e. The lowest BCUT2D eigenvalue weighted by molar-refractivity contribution is 1.45. The number of hydrogen-bond acceptors (Lipinski definition) is 0. The Hall–Kier alpha value is -1.56. The average Bonchev–Trinajstić information content (AvgIpc) is 2.38. The summed E-state index contributed by atoms with van der Waals surface area (Å²) in [5, 5.41) is 0. The van der Waals surface area contributed by atoms with Gasteiger partial charge in [-0.25, -0.2) is 0 Å². The summed E-state index contributed by atoms with van der Waals surface area (Å²) in [6.07, 6.45) is 0. The Bertz CT molecular complexity index is 538. The molecule has 0 nitrogen and oxygen atoms in total. The van der Waals surface area contributed by atoms with E-state index in [-0.39, 0.29) is 0 Å². The van der Waals surface area contributed by atoms with Gasteiger partial charge in [0.15, 0.2) is 0 Å². The Kier molecular flexibility index (Phi) is 1.25. The fraction of sp³-hybridized carbons (Fsp3) is 0.143. The van der Waals surface area contributed by atoms with E-state index in [1.54, 1.807) is 36.4 Å². The Morgan fingerprint density at radius 3 is 1.64 bits per heavy atom. The molecule has 2 rings (SSSR count). The molecule has 0 heterocycles. The van der Waals surface area contributed by atoms with Crippen molar-refractivity contribution in [1.29, 1.82) is 0 Å². The van der Waals surface area contributed by atoms with Crippen LogP contribution in [0.25, 0.3) is 11.1 Å². The maximum atomic E-state index is 7.31. The maximum Gasteiger partial charge on any atom is 0.0280 e. The highest BCUT2D eigenvalue weighted by atomic mass is 14.0. The van der Waals surface area contributed by atoms with Crippen molar-refractivity contribution in [2.75, 3.05) is 0 Å². The molecule has 0 amide bonds. The Morgan fingerprint density at radius 1 is 0.714 bits per heavy atom. The lowest BCUT2D eigenvalue weighted by Gasteiger charge is -2.02. The second-order valence-corrected chi connectivity index (χ2v) is 3.20. The lowest BCUT2D eigenvalue weighted by atomic mass is 10.0. The van der Waals surface area contributed by atoms with Gasteiger partial charge < -0.3 is 0 Å². The summed E-state index contributed by atoms with van der Waals surface area (Å²) in [5.74, 6) is 0. The van der Waals surface area contributed by atoms with E-state index in [4.69, 9.17) is 6.85 Å². The van der Waals surface area contributed by atoms with E-state index < -0.39 is 13.7 Å². The molecule has 0 aliphatic rings. The summed E-state index contributed by atoms with van der Waals surface area (Å²) in [5.41, 5.74) is 2.83. The van der Waals surface area contributed by atoms with E-state index in [2.05, 4.69) is 0 Å². The topological polar surface area (TPSA) is 0 Å². The van der Waals surface area contributed by atoms with Gasteiger partial charge in [0.05, 0.1) is 0 Å². The third kappa shape index (κ3) is 1.85. The molecule has 2 aromatic rings. The molecule has 0 N–H and O–H groups in total. The maximum absolute atomic E-state index is 7.31. The van der Waals surface area contributed by atoms with E-state index >= 15 is 0 Å². The molecule has 0 aromatic heterocycles. The summed E-state index contributed by atoms with van der Waals surface area (Å²) in [7, 11) is 0. The number of aryl methyl sites for hydroxylation is 2. The molecular formula is C14H14. The van der Waals surface area contributed by atoms with E-state index in [0.29, 0.717) is 11.1 Å². The molecular weight excluding hydrogens is 168 g/mol. The molecule has 0 saturated heterocycles. The zero-order valence-electron chi connectivity index (χ0n) is 12.7. The van der Waals surface area contributed by atoms with E-state index in [0.717, 1.165) is 11.1 Å². The zero-order chi connectivity index (χ0) is 14.0. The molecule has 0 aliphatic carbocycles. The van der Waals surface area contributed by atoms with Crippen molar-refractivity contribution in [1.82, 2.24) is 0 Å². The van der Waals surface area contributed by atoms with Crippen molar-refractivity contribution in [3.8, 4) is 11.1 Å². The summed E-state index contributed by atoms with van der Waals surface area (Å²) >= 11 is 0. The minimum Gasteiger partial charge on any atom is -0.0587 e. The standard InChI is InChI=1S/C14H14/c1-11-3-7-13(8-4-11)14-9-5-12(2)6-10-14/h3-10H,1-2H3/i1D2,2D3. The molecule has 70 valence electrons. The van der Waals surface area contributed by atoms with Gasteiger partial charge in [0.2, 0.25) is 0 Å². The first-order valence-corrected chi connectivity index (χ1v) is 4.43. The van der Waals surface area contributed by atoms with Crippen LogP contribution in [-0.2, 0) is 0 Å². The third-order valence-corrected chi connectivity index (χ3v) is 2.13. The van der Waals surface area contributed by atoms with Crippen molar-refractivity contribution in [2.45, 2.75) is 13.7 Å². The van der Waals surface area contributed by atoms with Crippen LogP contribution in [0.15, 0.2) is 48.5 Å². The van der Waals surface area contributed by atoms with Crippen molar-refractivity contribution in [2.24, 2.45) is 0 Å². The fourth-order valence-corrected chi connectivity index (χ4v) is 1.34. The highest BCUT2D eigenvalue weighted by Crippen LogP contribution is 2.19. The second-order valence-electron chi connectivity index (χ2n) is 3.20. The molecule has 2 aromatic carbocycles. The molecule has 0 saturated carbocycles. The van der Waals surface area contributed by atoms with Crippen LogP contribution in [0, 0.1) is 13.7 Å². The van der Waals surface area contributed by atoms with Gasteiger partial charge in [-0.05, 0) is 24.9 Å². The van der Waals surface area contributed by atoms with Crippen LogP contribution in [0.5, 0.6) is 0 Å². The fourth-order valence-electron chi connectivity index (χ4n) is 1.34. The Morgan fingerprint density at radius 2 is 1.21 bits per heavy atom. The van der Waals surface area contributed by atoms with Crippen LogP contribution in [-0.4, -0.2) is 0 Å². The lowest BCUT2D eigenvalue weighted by Crippen LogP contribution is -1.78. The van der Waals surface area contributed by atoms with Crippen molar-refractivity contribution >= 4 is 0 Å². The molecule has 0 radical (unpaired) electrons. The summed E-state index contributed by atoms with van der Waals surface area (Å²) in [6.45, 7) is -3.06. The Balaban J connectivity index is 2.27. The summed E-state index contributed by atoms with van der Waals surface area (Å²) < 4.78 is 36.5. The highest BCUT2D eigenvalue weighted by Gasteiger charge is 1.95. The first-order chi connectivity index (χ1) is 8.88. The van der Waals surface area contributed by atoms with Gasteiger partial charge >= 0.3 is 0 Å². The van der Waals surface area contributed by atoms with Gasteiger partial charge in [-0.15, -0.1) is 0 Å². The van der Waals surface area contributed by atoms with Crippen molar-refractivity contribution in [3.63, 3.8) is 0 Å². The van der Waals surface area contributed by atoms with Gasteiger partial charge in [0.25, 0.3) is 0 Å². The minimum absolute atomic E-state index is 0.324. The van der Waals surface area contributed by atoms with E-state index in [9.17, 15) is 0 Å². The predicted octanol–water partition coefficient (Wildman–Crippen LogP) is 3.97. The molecule has 0 spiro atoms. The average molecular weight is 187 g/mol. The van der Waals surface area contributed by atoms with Gasteiger partial charge in [0.1, 0.15) is 0 Å². The molecule has 0 heteroatoms. The predicted molar refractivity (Wildman–Crippen MR) is 61.4 cm³/mol. The normalized spacial score (nSPS) is 16.5. The zero-order valence-corrected chi connectivity index (χ0v) is 7.70. The van der Waals surface area contributed by atoms with Crippen LogP contribution in [0.1, 0.15) is 18.0 Å². The molecule has 0 aliphatic heterocycles. The highest BCUT2D eigenvalue weighted by molar-refractivity contribution is 5.63. The van der Waals surface area contributed by atoms with Gasteiger partial charge in [-0.2, -0.15) is 0 Å². The first-order valence-electron chi connectivity index (χ1n) is 7.09. The molecule has 0 atom stereocenters. The quantitative estimate of drug-likeness (QED) is 0.633.